The minimum atomic E-state index is -3.87. The van der Waals surface area contributed by atoms with Crippen LogP contribution in [0.15, 0.2) is 48.5 Å². The molecule has 0 saturated carbocycles. The van der Waals surface area contributed by atoms with E-state index in [4.69, 9.17) is 9.47 Å². The number of para-hydroxylation sites is 2. The highest BCUT2D eigenvalue weighted by Crippen LogP contribution is 2.31. The predicted molar refractivity (Wildman–Crippen MR) is 135 cm³/mol. The second-order valence-electron chi connectivity index (χ2n) is 9.43. The molecule has 1 amide bonds. The molecule has 4 rings (SSSR count). The molecule has 1 saturated heterocycles. The number of hydrazine groups is 1. The number of anilines is 1. The zero-order valence-corrected chi connectivity index (χ0v) is 21.3. The third-order valence-corrected chi connectivity index (χ3v) is 8.86. The summed E-state index contributed by atoms with van der Waals surface area (Å²) < 4.78 is 40.4. The van der Waals surface area contributed by atoms with Gasteiger partial charge in [0.05, 0.1) is 12.2 Å². The highest BCUT2D eigenvalue weighted by Gasteiger charge is 2.44. The normalized spacial score (nSPS) is 23.8. The molecule has 9 nitrogen and oxygen atoms in total. The Morgan fingerprint density at radius 1 is 1.06 bits per heavy atom. The Morgan fingerprint density at radius 2 is 1.69 bits per heavy atom. The maximum absolute atomic E-state index is 13.8. The van der Waals surface area contributed by atoms with E-state index < -0.39 is 21.2 Å². The number of hydrogen-bond donors (Lipinski definition) is 3. The van der Waals surface area contributed by atoms with Crippen molar-refractivity contribution in [3.05, 3.63) is 54.1 Å². The molecule has 0 radical (unpaired) electrons. The molecule has 1 fully saturated rings. The van der Waals surface area contributed by atoms with Crippen LogP contribution in [-0.4, -0.2) is 57.5 Å². The number of nitrogens with zero attached hydrogens (tertiary/aromatic N) is 1. The molecule has 2 aliphatic heterocycles. The molecule has 2 aromatic carbocycles. The lowest BCUT2D eigenvalue weighted by Crippen LogP contribution is -2.51. The lowest BCUT2D eigenvalue weighted by atomic mass is 10.0. The van der Waals surface area contributed by atoms with Crippen LogP contribution in [0, 0.1) is 0 Å². The Kier molecular flexibility index (Phi) is 7.53. The molecular weight excluding hydrogens is 468 g/mol. The highest BCUT2D eigenvalue weighted by molar-refractivity contribution is 7.93. The predicted octanol–water partition coefficient (Wildman–Crippen LogP) is 2.16. The third-order valence-electron chi connectivity index (χ3n) is 6.40. The number of amides is 1. The van der Waals surface area contributed by atoms with E-state index in [9.17, 15) is 13.2 Å². The number of rotatable bonds is 8. The van der Waals surface area contributed by atoms with E-state index in [-0.39, 0.29) is 31.3 Å². The van der Waals surface area contributed by atoms with Crippen molar-refractivity contribution in [3.8, 4) is 11.5 Å². The number of sulfonamides is 1. The van der Waals surface area contributed by atoms with E-state index in [2.05, 4.69) is 30.0 Å². The molecule has 0 spiro atoms. The van der Waals surface area contributed by atoms with Gasteiger partial charge in [-0.2, -0.15) is 0 Å². The van der Waals surface area contributed by atoms with Crippen LogP contribution in [0.25, 0.3) is 0 Å². The Hall–Kier alpha value is -2.82. The number of ether oxygens (including phenoxy) is 2. The van der Waals surface area contributed by atoms with Gasteiger partial charge in [0.1, 0.15) is 24.5 Å². The van der Waals surface area contributed by atoms with Crippen LogP contribution in [0.3, 0.4) is 0 Å². The van der Waals surface area contributed by atoms with E-state index in [0.717, 1.165) is 5.56 Å². The summed E-state index contributed by atoms with van der Waals surface area (Å²) in [5.74, 6) is 1.18. The summed E-state index contributed by atoms with van der Waals surface area (Å²) in [6.45, 7) is 7.95. The van der Waals surface area contributed by atoms with Gasteiger partial charge >= 0.3 is 0 Å². The van der Waals surface area contributed by atoms with Crippen molar-refractivity contribution in [3.63, 3.8) is 0 Å². The quantitative estimate of drug-likeness (QED) is 0.508. The summed E-state index contributed by atoms with van der Waals surface area (Å²) in [6.07, 6.45) is -0.368. The SMILES string of the molecule is CC(C)c1ccc(N(CC(=O)NCC2COc3ccccc3O2)S(=O)(=O)C2C(C)NNC2C)cc1. The first kappa shape index (κ1) is 25.3. The van der Waals surface area contributed by atoms with Gasteiger partial charge in [0.2, 0.25) is 15.9 Å². The van der Waals surface area contributed by atoms with Gasteiger partial charge in [-0.3, -0.25) is 20.0 Å². The number of benzene rings is 2. The number of carbonyl (C=O) groups is 1. The summed E-state index contributed by atoms with van der Waals surface area (Å²) >= 11 is 0. The van der Waals surface area contributed by atoms with Crippen LogP contribution in [0.5, 0.6) is 11.5 Å². The number of fused-ring (bicyclic) bond motifs is 1. The Morgan fingerprint density at radius 3 is 2.31 bits per heavy atom. The summed E-state index contributed by atoms with van der Waals surface area (Å²) in [5, 5.41) is 2.09. The first-order valence-electron chi connectivity index (χ1n) is 11.9. The first-order valence-corrected chi connectivity index (χ1v) is 13.4. The van der Waals surface area contributed by atoms with Gasteiger partial charge in [0.15, 0.2) is 11.5 Å². The lowest BCUT2D eigenvalue weighted by molar-refractivity contribution is -0.120. The van der Waals surface area contributed by atoms with Crippen LogP contribution in [0.2, 0.25) is 0 Å². The lowest BCUT2D eigenvalue weighted by Gasteiger charge is -2.30. The summed E-state index contributed by atoms with van der Waals surface area (Å²) in [7, 11) is -3.87. The highest BCUT2D eigenvalue weighted by atomic mass is 32.2. The van der Waals surface area contributed by atoms with Crippen LogP contribution in [0.4, 0.5) is 5.69 Å². The van der Waals surface area contributed by atoms with Gasteiger partial charge in [-0.05, 0) is 49.6 Å². The van der Waals surface area contributed by atoms with Crippen molar-refractivity contribution >= 4 is 21.6 Å². The average Bonchev–Trinajstić information content (AvgIpc) is 3.19. The molecule has 2 aromatic rings. The molecule has 3 unspecified atom stereocenters. The Labute approximate surface area is 207 Å². The van der Waals surface area contributed by atoms with Gasteiger partial charge in [-0.25, -0.2) is 8.42 Å². The molecular formula is C25H34N4O5S. The van der Waals surface area contributed by atoms with Crippen LogP contribution < -0.4 is 29.9 Å². The summed E-state index contributed by atoms with van der Waals surface area (Å²) in [4.78, 5) is 13.0. The fourth-order valence-electron chi connectivity index (χ4n) is 4.45. The maximum atomic E-state index is 13.8. The monoisotopic (exact) mass is 502 g/mol. The van der Waals surface area contributed by atoms with Crippen LogP contribution >= 0.6 is 0 Å². The van der Waals surface area contributed by atoms with Gasteiger partial charge in [0.25, 0.3) is 0 Å². The van der Waals surface area contributed by atoms with Gasteiger partial charge < -0.3 is 14.8 Å². The smallest absolute Gasteiger partial charge is 0.241 e. The molecule has 3 N–H and O–H groups in total. The van der Waals surface area contributed by atoms with E-state index in [1.807, 2.05) is 50.2 Å². The molecule has 2 aliphatic rings. The zero-order valence-electron chi connectivity index (χ0n) is 20.5. The van der Waals surface area contributed by atoms with E-state index in [0.29, 0.717) is 29.7 Å². The van der Waals surface area contributed by atoms with Crippen molar-refractivity contribution in [1.82, 2.24) is 16.2 Å². The van der Waals surface area contributed by atoms with Gasteiger partial charge in [0, 0.05) is 12.1 Å². The molecule has 0 aliphatic carbocycles. The third kappa shape index (κ3) is 5.55. The van der Waals surface area contributed by atoms with Crippen LogP contribution in [-0.2, 0) is 14.8 Å². The number of carbonyl (C=O) groups excluding carboxylic acids is 1. The average molecular weight is 503 g/mol. The minimum absolute atomic E-state index is 0.201. The van der Waals surface area contributed by atoms with E-state index in [1.54, 1.807) is 12.1 Å². The van der Waals surface area contributed by atoms with Crippen molar-refractivity contribution in [2.24, 2.45) is 0 Å². The second kappa shape index (κ2) is 10.4. The van der Waals surface area contributed by atoms with Crippen LogP contribution in [0.1, 0.15) is 39.2 Å². The Bertz CT molecular complexity index is 1130. The van der Waals surface area contributed by atoms with E-state index in [1.165, 1.54) is 4.31 Å². The van der Waals surface area contributed by atoms with Crippen molar-refractivity contribution in [1.29, 1.82) is 0 Å². The number of nitrogens with one attached hydrogen (secondary N) is 3. The topological polar surface area (TPSA) is 109 Å². The summed E-state index contributed by atoms with van der Waals surface area (Å²) in [6, 6.07) is 14.1. The molecule has 35 heavy (non-hydrogen) atoms. The molecule has 0 bridgehead atoms. The summed E-state index contributed by atoms with van der Waals surface area (Å²) in [5.41, 5.74) is 7.55. The van der Waals surface area contributed by atoms with Crippen molar-refractivity contribution in [2.45, 2.75) is 57.1 Å². The van der Waals surface area contributed by atoms with E-state index >= 15 is 0 Å². The van der Waals surface area contributed by atoms with Crippen molar-refractivity contribution < 1.29 is 22.7 Å². The van der Waals surface area contributed by atoms with Crippen molar-refractivity contribution in [2.75, 3.05) is 24.0 Å². The maximum Gasteiger partial charge on any atom is 0.241 e. The standard InChI is InChI=1S/C25H34N4O5S/c1-16(2)19-9-11-20(12-10-19)29(35(31,32)25-17(3)27-28-18(25)4)14-24(30)26-13-21-15-33-22-7-5-6-8-23(22)34-21/h5-12,16-18,21,25,27-28H,13-15H2,1-4H3,(H,26,30). The largest absolute Gasteiger partial charge is 0.486 e. The molecule has 190 valence electrons. The molecule has 10 heteroatoms. The molecule has 0 aromatic heterocycles. The van der Waals surface area contributed by atoms with Gasteiger partial charge in [-0.1, -0.05) is 38.1 Å². The fourth-order valence-corrected chi connectivity index (χ4v) is 6.63. The van der Waals surface area contributed by atoms with Gasteiger partial charge in [-0.15, -0.1) is 0 Å². The minimum Gasteiger partial charge on any atom is -0.486 e. The fraction of sp³-hybridized carbons (Fsp3) is 0.480. The number of hydrogen-bond acceptors (Lipinski definition) is 7. The Balaban J connectivity index is 1.49. The molecule has 2 heterocycles. The first-order chi connectivity index (χ1) is 16.7. The zero-order chi connectivity index (χ0) is 25.2. The molecule has 3 atom stereocenters. The second-order valence-corrected chi connectivity index (χ2v) is 11.4.